The number of aliphatic hydroxyl groups excluding tert-OH is 1. The van der Waals surface area contributed by atoms with Crippen LogP contribution in [0.5, 0.6) is 0 Å². The van der Waals surface area contributed by atoms with Gasteiger partial charge >= 0.3 is 0 Å². The third-order valence-corrected chi connectivity index (χ3v) is 3.56. The molecule has 18 heavy (non-hydrogen) atoms. The van der Waals surface area contributed by atoms with E-state index < -0.39 is 4.92 Å². The third kappa shape index (κ3) is 2.57. The monoisotopic (exact) mass is 270 g/mol. The molecule has 1 aliphatic rings. The molecule has 0 amide bonds. The van der Waals surface area contributed by atoms with E-state index in [1.54, 1.807) is 12.1 Å². The number of hydrogen-bond acceptors (Lipinski definition) is 4. The van der Waals surface area contributed by atoms with Crippen LogP contribution in [0.3, 0.4) is 0 Å². The first-order chi connectivity index (χ1) is 8.63. The van der Waals surface area contributed by atoms with Crippen molar-refractivity contribution in [2.24, 2.45) is 5.92 Å². The number of nitro benzene ring substituents is 1. The van der Waals surface area contributed by atoms with Crippen LogP contribution >= 0.6 is 11.6 Å². The Kier molecular flexibility index (Phi) is 4.04. The van der Waals surface area contributed by atoms with Crippen LogP contribution in [0.15, 0.2) is 18.2 Å². The molecule has 0 spiro atoms. The fourth-order valence-electron chi connectivity index (χ4n) is 2.38. The summed E-state index contributed by atoms with van der Waals surface area (Å²) in [7, 11) is 0. The van der Waals surface area contributed by atoms with Gasteiger partial charge in [0, 0.05) is 25.8 Å². The number of halogens is 1. The summed E-state index contributed by atoms with van der Waals surface area (Å²) >= 11 is 6.09. The predicted octanol–water partition coefficient (Wildman–Crippen LogP) is 2.46. The minimum absolute atomic E-state index is 0.0288. The van der Waals surface area contributed by atoms with Crippen molar-refractivity contribution in [3.63, 3.8) is 0 Å². The quantitative estimate of drug-likeness (QED) is 0.677. The van der Waals surface area contributed by atoms with Crippen LogP contribution in [-0.4, -0.2) is 29.7 Å². The Morgan fingerprint density at radius 2 is 2.33 bits per heavy atom. The number of para-hydroxylation sites is 1. The van der Waals surface area contributed by atoms with Gasteiger partial charge in [-0.25, -0.2) is 0 Å². The van der Waals surface area contributed by atoms with E-state index in [-0.39, 0.29) is 18.2 Å². The van der Waals surface area contributed by atoms with Crippen LogP contribution in [0.25, 0.3) is 0 Å². The van der Waals surface area contributed by atoms with Gasteiger partial charge in [0.15, 0.2) is 0 Å². The second-order valence-corrected chi connectivity index (χ2v) is 4.91. The summed E-state index contributed by atoms with van der Waals surface area (Å²) in [5.41, 5.74) is 0.503. The molecule has 0 radical (unpaired) electrons. The molecular formula is C12H15ClN2O3. The Hall–Kier alpha value is -1.33. The van der Waals surface area contributed by atoms with E-state index in [0.29, 0.717) is 17.3 Å². The number of nitro groups is 1. The van der Waals surface area contributed by atoms with Gasteiger partial charge in [-0.15, -0.1) is 0 Å². The zero-order chi connectivity index (χ0) is 13.1. The van der Waals surface area contributed by atoms with Gasteiger partial charge in [0.1, 0.15) is 5.69 Å². The van der Waals surface area contributed by atoms with Crippen molar-refractivity contribution in [3.8, 4) is 0 Å². The lowest BCUT2D eigenvalue weighted by molar-refractivity contribution is -0.384. The number of piperidine rings is 1. The topological polar surface area (TPSA) is 66.6 Å². The first-order valence-electron chi connectivity index (χ1n) is 5.92. The highest BCUT2D eigenvalue weighted by molar-refractivity contribution is 6.33. The van der Waals surface area contributed by atoms with E-state index in [2.05, 4.69) is 0 Å². The summed E-state index contributed by atoms with van der Waals surface area (Å²) in [5.74, 6) is 0.162. The minimum Gasteiger partial charge on any atom is -0.396 e. The van der Waals surface area contributed by atoms with E-state index in [1.807, 2.05) is 4.90 Å². The van der Waals surface area contributed by atoms with E-state index in [0.717, 1.165) is 19.4 Å². The summed E-state index contributed by atoms with van der Waals surface area (Å²) in [6.07, 6.45) is 1.86. The van der Waals surface area contributed by atoms with Crippen LogP contribution in [0, 0.1) is 16.0 Å². The molecule has 1 unspecified atom stereocenters. The Bertz CT molecular complexity index is 453. The number of nitrogens with zero attached hydrogens (tertiary/aromatic N) is 2. The summed E-state index contributed by atoms with van der Waals surface area (Å²) in [5, 5.41) is 20.6. The van der Waals surface area contributed by atoms with Crippen LogP contribution in [0.1, 0.15) is 12.8 Å². The largest absolute Gasteiger partial charge is 0.396 e. The lowest BCUT2D eigenvalue weighted by Crippen LogP contribution is -2.37. The molecule has 0 bridgehead atoms. The van der Waals surface area contributed by atoms with Crippen LogP contribution < -0.4 is 4.90 Å². The third-order valence-electron chi connectivity index (χ3n) is 3.26. The summed E-state index contributed by atoms with van der Waals surface area (Å²) in [4.78, 5) is 12.5. The maximum atomic E-state index is 11.0. The molecule has 0 aliphatic carbocycles. The normalized spacial score (nSPS) is 19.9. The van der Waals surface area contributed by atoms with Gasteiger partial charge in [-0.1, -0.05) is 17.7 Å². The highest BCUT2D eigenvalue weighted by Crippen LogP contribution is 2.37. The number of benzene rings is 1. The summed E-state index contributed by atoms with van der Waals surface area (Å²) < 4.78 is 0. The number of hydrogen-bond donors (Lipinski definition) is 1. The van der Waals surface area contributed by atoms with Crippen molar-refractivity contribution in [2.45, 2.75) is 12.8 Å². The van der Waals surface area contributed by atoms with E-state index >= 15 is 0 Å². The minimum atomic E-state index is -0.413. The predicted molar refractivity (Wildman–Crippen MR) is 70.1 cm³/mol. The van der Waals surface area contributed by atoms with Crippen LogP contribution in [0.2, 0.25) is 5.02 Å². The van der Waals surface area contributed by atoms with Gasteiger partial charge in [-0.3, -0.25) is 10.1 Å². The maximum Gasteiger partial charge on any atom is 0.294 e. The van der Waals surface area contributed by atoms with Crippen LogP contribution in [-0.2, 0) is 0 Å². The van der Waals surface area contributed by atoms with Gasteiger partial charge in [0.2, 0.25) is 0 Å². The van der Waals surface area contributed by atoms with Crippen molar-refractivity contribution < 1.29 is 10.0 Å². The lowest BCUT2D eigenvalue weighted by atomic mass is 9.98. The zero-order valence-electron chi connectivity index (χ0n) is 9.88. The van der Waals surface area contributed by atoms with E-state index in [1.165, 1.54) is 6.07 Å². The van der Waals surface area contributed by atoms with E-state index in [9.17, 15) is 15.2 Å². The average Bonchev–Trinajstić information content (AvgIpc) is 2.38. The van der Waals surface area contributed by atoms with Crippen molar-refractivity contribution in [2.75, 3.05) is 24.6 Å². The van der Waals surface area contributed by atoms with E-state index in [4.69, 9.17) is 11.6 Å². The molecule has 2 rings (SSSR count). The van der Waals surface area contributed by atoms with Crippen molar-refractivity contribution in [1.29, 1.82) is 0 Å². The molecule has 1 fully saturated rings. The Labute approximate surface area is 110 Å². The molecule has 1 aromatic carbocycles. The highest BCUT2D eigenvalue weighted by atomic mass is 35.5. The van der Waals surface area contributed by atoms with Gasteiger partial charge in [-0.2, -0.15) is 0 Å². The highest BCUT2D eigenvalue weighted by Gasteiger charge is 2.27. The Morgan fingerprint density at radius 1 is 1.56 bits per heavy atom. The first kappa shape index (κ1) is 13.1. The van der Waals surface area contributed by atoms with Gasteiger partial charge in [0.25, 0.3) is 5.69 Å². The number of aliphatic hydroxyl groups is 1. The first-order valence-corrected chi connectivity index (χ1v) is 6.30. The summed E-state index contributed by atoms with van der Waals surface area (Å²) in [6.45, 7) is 1.46. The molecule has 1 saturated heterocycles. The molecule has 0 aromatic heterocycles. The SMILES string of the molecule is O=[N+]([O-])c1cccc(Cl)c1N1CCCC(CO)C1. The van der Waals surface area contributed by atoms with Crippen LogP contribution in [0.4, 0.5) is 11.4 Å². The van der Waals surface area contributed by atoms with Gasteiger partial charge < -0.3 is 10.0 Å². The molecule has 1 atom stereocenters. The fraction of sp³-hybridized carbons (Fsp3) is 0.500. The second-order valence-electron chi connectivity index (χ2n) is 4.50. The molecule has 1 heterocycles. The van der Waals surface area contributed by atoms with Crippen molar-refractivity contribution in [3.05, 3.63) is 33.3 Å². The molecule has 1 aliphatic heterocycles. The zero-order valence-corrected chi connectivity index (χ0v) is 10.6. The molecule has 98 valence electrons. The fourth-order valence-corrected chi connectivity index (χ4v) is 2.67. The second kappa shape index (κ2) is 5.54. The number of rotatable bonds is 3. The Balaban J connectivity index is 2.34. The molecular weight excluding hydrogens is 256 g/mol. The molecule has 5 nitrogen and oxygen atoms in total. The molecule has 0 saturated carbocycles. The maximum absolute atomic E-state index is 11.0. The molecule has 1 N–H and O–H groups in total. The Morgan fingerprint density at radius 3 is 3.00 bits per heavy atom. The molecule has 1 aromatic rings. The average molecular weight is 271 g/mol. The lowest BCUT2D eigenvalue weighted by Gasteiger charge is -2.33. The molecule has 6 heteroatoms. The van der Waals surface area contributed by atoms with Gasteiger partial charge in [0.05, 0.1) is 9.95 Å². The van der Waals surface area contributed by atoms with Crippen molar-refractivity contribution in [1.82, 2.24) is 0 Å². The number of anilines is 1. The standard InChI is InChI=1S/C12H15ClN2O3/c13-10-4-1-5-11(15(17)18)12(10)14-6-2-3-9(7-14)8-16/h1,4-5,9,16H,2-3,6-8H2. The van der Waals surface area contributed by atoms with Crippen molar-refractivity contribution >= 4 is 23.0 Å². The smallest absolute Gasteiger partial charge is 0.294 e. The van der Waals surface area contributed by atoms with Gasteiger partial charge in [-0.05, 0) is 24.8 Å². The summed E-state index contributed by atoms with van der Waals surface area (Å²) in [6, 6.07) is 4.70.